The summed E-state index contributed by atoms with van der Waals surface area (Å²) >= 11 is 0. The van der Waals surface area contributed by atoms with Crippen LogP contribution >= 0.6 is 0 Å². The molecule has 0 radical (unpaired) electrons. The number of ketones is 1. The Kier molecular flexibility index (Phi) is 5.39. The van der Waals surface area contributed by atoms with E-state index in [-0.39, 0.29) is 24.2 Å². The SMILES string of the molecule is CC(=O)c1nn(CC(=O)N2CC(C)CC2C=O)c2c(C)cc(-c3cnc(C)nc3)cc12. The van der Waals surface area contributed by atoms with Crippen molar-refractivity contribution in [1.29, 1.82) is 0 Å². The number of nitrogens with zero attached hydrogens (tertiary/aromatic N) is 5. The average molecular weight is 419 g/mol. The molecule has 31 heavy (non-hydrogen) atoms. The number of carbonyl (C=O) groups excluding carboxylic acids is 3. The third-order valence-electron chi connectivity index (χ3n) is 5.80. The van der Waals surface area contributed by atoms with Crippen LogP contribution in [0.3, 0.4) is 0 Å². The number of amides is 1. The summed E-state index contributed by atoms with van der Waals surface area (Å²) in [6.45, 7) is 7.78. The molecule has 8 nitrogen and oxygen atoms in total. The normalized spacial score (nSPS) is 18.5. The highest BCUT2D eigenvalue weighted by molar-refractivity contribution is 6.07. The second-order valence-electron chi connectivity index (χ2n) is 8.36. The van der Waals surface area contributed by atoms with E-state index in [1.54, 1.807) is 22.0 Å². The minimum absolute atomic E-state index is 0.0192. The first-order valence-corrected chi connectivity index (χ1v) is 10.3. The molecule has 3 heterocycles. The molecule has 0 saturated carbocycles. The lowest BCUT2D eigenvalue weighted by Crippen LogP contribution is -2.39. The van der Waals surface area contributed by atoms with E-state index in [9.17, 15) is 14.4 Å². The summed E-state index contributed by atoms with van der Waals surface area (Å²) in [5.41, 5.74) is 3.68. The second kappa shape index (κ2) is 8.02. The van der Waals surface area contributed by atoms with Gasteiger partial charge < -0.3 is 9.69 Å². The van der Waals surface area contributed by atoms with Crippen molar-refractivity contribution in [2.24, 2.45) is 5.92 Å². The lowest BCUT2D eigenvalue weighted by Gasteiger charge is -2.20. The number of likely N-dealkylation sites (tertiary alicyclic amines) is 1. The van der Waals surface area contributed by atoms with Crippen molar-refractivity contribution in [3.05, 3.63) is 41.6 Å². The van der Waals surface area contributed by atoms with Gasteiger partial charge in [0.25, 0.3) is 0 Å². The van der Waals surface area contributed by atoms with Crippen molar-refractivity contribution in [2.75, 3.05) is 6.54 Å². The number of carbonyl (C=O) groups is 3. The van der Waals surface area contributed by atoms with E-state index in [2.05, 4.69) is 15.1 Å². The summed E-state index contributed by atoms with van der Waals surface area (Å²) < 4.78 is 1.59. The number of fused-ring (bicyclic) bond motifs is 1. The van der Waals surface area contributed by atoms with Crippen molar-refractivity contribution in [1.82, 2.24) is 24.6 Å². The fourth-order valence-corrected chi connectivity index (χ4v) is 4.33. The van der Waals surface area contributed by atoms with Gasteiger partial charge in [0.2, 0.25) is 5.91 Å². The molecule has 0 bridgehead atoms. The minimum Gasteiger partial charge on any atom is -0.331 e. The van der Waals surface area contributed by atoms with Gasteiger partial charge in [-0.3, -0.25) is 14.3 Å². The summed E-state index contributed by atoms with van der Waals surface area (Å²) in [5, 5.41) is 5.17. The van der Waals surface area contributed by atoms with Crippen LogP contribution in [0.4, 0.5) is 0 Å². The molecule has 1 aliphatic heterocycles. The van der Waals surface area contributed by atoms with Crippen molar-refractivity contribution in [3.8, 4) is 11.1 Å². The molecule has 1 saturated heterocycles. The first-order chi connectivity index (χ1) is 14.8. The van der Waals surface area contributed by atoms with Crippen LogP contribution in [0.1, 0.15) is 42.1 Å². The Morgan fingerprint density at radius 1 is 1.16 bits per heavy atom. The summed E-state index contributed by atoms with van der Waals surface area (Å²) in [6, 6.07) is 3.48. The molecule has 1 aromatic carbocycles. The number of hydrogen-bond donors (Lipinski definition) is 0. The molecule has 0 aliphatic carbocycles. The first-order valence-electron chi connectivity index (χ1n) is 10.3. The largest absolute Gasteiger partial charge is 0.331 e. The molecule has 3 aromatic rings. The molecule has 2 unspecified atom stereocenters. The quantitative estimate of drug-likeness (QED) is 0.466. The minimum atomic E-state index is -0.397. The third-order valence-corrected chi connectivity index (χ3v) is 5.80. The highest BCUT2D eigenvalue weighted by Crippen LogP contribution is 2.30. The number of aryl methyl sites for hydroxylation is 2. The van der Waals surface area contributed by atoms with Crippen LogP contribution < -0.4 is 0 Å². The van der Waals surface area contributed by atoms with E-state index >= 15 is 0 Å². The second-order valence-corrected chi connectivity index (χ2v) is 8.36. The van der Waals surface area contributed by atoms with Gasteiger partial charge in [0.05, 0.1) is 11.6 Å². The van der Waals surface area contributed by atoms with E-state index < -0.39 is 6.04 Å². The highest BCUT2D eigenvalue weighted by Gasteiger charge is 2.33. The van der Waals surface area contributed by atoms with Gasteiger partial charge in [0.1, 0.15) is 24.3 Å². The standard InChI is InChI=1S/C23H25N5O3/c1-13-5-19(12-29)27(10-13)21(31)11-28-23-14(2)6-17(18-8-24-16(4)25-9-18)7-20(23)22(26-28)15(3)30/h6-9,12-13,19H,5,10-11H2,1-4H3. The molecule has 1 amide bonds. The van der Waals surface area contributed by atoms with Crippen molar-refractivity contribution < 1.29 is 14.4 Å². The van der Waals surface area contributed by atoms with Crippen LogP contribution in [0, 0.1) is 19.8 Å². The van der Waals surface area contributed by atoms with E-state index in [0.29, 0.717) is 29.9 Å². The third kappa shape index (κ3) is 3.85. The van der Waals surface area contributed by atoms with Crippen LogP contribution in [0.15, 0.2) is 24.5 Å². The van der Waals surface area contributed by atoms with Gasteiger partial charge in [-0.05, 0) is 49.4 Å². The average Bonchev–Trinajstić information content (AvgIpc) is 3.29. The van der Waals surface area contributed by atoms with Gasteiger partial charge in [0, 0.05) is 36.8 Å². The van der Waals surface area contributed by atoms with Crippen molar-refractivity contribution in [3.63, 3.8) is 0 Å². The van der Waals surface area contributed by atoms with E-state index in [4.69, 9.17) is 0 Å². The molecular formula is C23H25N5O3. The number of rotatable bonds is 5. The number of hydrogen-bond acceptors (Lipinski definition) is 6. The van der Waals surface area contributed by atoms with Crippen molar-refractivity contribution in [2.45, 2.75) is 46.7 Å². The van der Waals surface area contributed by atoms with Gasteiger partial charge in [-0.15, -0.1) is 0 Å². The van der Waals surface area contributed by atoms with E-state index in [0.717, 1.165) is 28.5 Å². The summed E-state index contributed by atoms with van der Waals surface area (Å²) in [4.78, 5) is 46.8. The monoisotopic (exact) mass is 419 g/mol. The van der Waals surface area contributed by atoms with Gasteiger partial charge >= 0.3 is 0 Å². The Morgan fingerprint density at radius 2 is 1.87 bits per heavy atom. The van der Waals surface area contributed by atoms with Crippen molar-refractivity contribution >= 4 is 28.9 Å². The summed E-state index contributed by atoms with van der Waals surface area (Å²) in [7, 11) is 0. The lowest BCUT2D eigenvalue weighted by atomic mass is 10.0. The predicted octanol–water partition coefficient (Wildman–Crippen LogP) is 2.75. The molecule has 2 atom stereocenters. The summed E-state index contributed by atoms with van der Waals surface area (Å²) in [5.74, 6) is 0.620. The van der Waals surface area contributed by atoms with Crippen LogP contribution in [0.2, 0.25) is 0 Å². The van der Waals surface area contributed by atoms with Crippen LogP contribution in [0.25, 0.3) is 22.0 Å². The molecule has 0 N–H and O–H groups in total. The molecule has 0 spiro atoms. The van der Waals surface area contributed by atoms with E-state index in [1.165, 1.54) is 6.92 Å². The van der Waals surface area contributed by atoms with Crippen LogP contribution in [0.5, 0.6) is 0 Å². The van der Waals surface area contributed by atoms with Crippen LogP contribution in [-0.2, 0) is 16.1 Å². The fourth-order valence-electron chi connectivity index (χ4n) is 4.33. The highest BCUT2D eigenvalue weighted by atomic mass is 16.2. The lowest BCUT2D eigenvalue weighted by molar-refractivity contribution is -0.135. The number of aromatic nitrogens is 4. The smallest absolute Gasteiger partial charge is 0.244 e. The topological polar surface area (TPSA) is 98.1 Å². The Labute approximate surface area is 180 Å². The molecule has 1 fully saturated rings. The van der Waals surface area contributed by atoms with Gasteiger partial charge in [-0.25, -0.2) is 9.97 Å². The maximum absolute atomic E-state index is 13.0. The number of benzene rings is 1. The number of Topliss-reactive ketones (excluding diaryl/α,β-unsaturated/α-hetero) is 1. The van der Waals surface area contributed by atoms with Gasteiger partial charge in [-0.1, -0.05) is 6.92 Å². The molecule has 2 aromatic heterocycles. The molecule has 8 heteroatoms. The van der Waals surface area contributed by atoms with E-state index in [1.807, 2.05) is 32.9 Å². The predicted molar refractivity (Wildman–Crippen MR) is 116 cm³/mol. The maximum Gasteiger partial charge on any atom is 0.244 e. The number of aldehydes is 1. The molecule has 4 rings (SSSR count). The Balaban J connectivity index is 1.76. The van der Waals surface area contributed by atoms with Gasteiger partial charge in [-0.2, -0.15) is 5.10 Å². The zero-order valence-electron chi connectivity index (χ0n) is 18.1. The maximum atomic E-state index is 13.0. The zero-order valence-corrected chi connectivity index (χ0v) is 18.1. The fraction of sp³-hybridized carbons (Fsp3) is 0.391. The molecule has 1 aliphatic rings. The Bertz CT molecular complexity index is 1180. The summed E-state index contributed by atoms with van der Waals surface area (Å²) in [6.07, 6.45) is 5.01. The molecular weight excluding hydrogens is 394 g/mol. The first kappa shape index (κ1) is 20.8. The Hall–Kier alpha value is -3.42. The zero-order chi connectivity index (χ0) is 22.3. The Morgan fingerprint density at radius 3 is 2.52 bits per heavy atom. The molecule has 160 valence electrons. The van der Waals surface area contributed by atoms with Crippen LogP contribution in [-0.4, -0.2) is 55.2 Å². The van der Waals surface area contributed by atoms with Gasteiger partial charge in [0.15, 0.2) is 5.78 Å².